The van der Waals surface area contributed by atoms with Gasteiger partial charge in [0, 0.05) is 54.5 Å². The number of rotatable bonds is 9. The molecule has 7 nitrogen and oxygen atoms in total. The van der Waals surface area contributed by atoms with Gasteiger partial charge in [-0.1, -0.05) is 80.7 Å². The Bertz CT molecular complexity index is 1190. The number of Topliss-reactive ketones (excluding diaryl/α,β-unsaturated/α-hetero) is 2. The van der Waals surface area contributed by atoms with E-state index >= 15 is 0 Å². The largest absolute Gasteiger partial charge is 0.508 e. The summed E-state index contributed by atoms with van der Waals surface area (Å²) in [6.07, 6.45) is 14.0. The third-order valence-corrected chi connectivity index (χ3v) is 8.44. The van der Waals surface area contributed by atoms with Crippen molar-refractivity contribution in [3.63, 3.8) is 0 Å². The number of hydrogen-bond donors (Lipinski definition) is 4. The zero-order valence-corrected chi connectivity index (χ0v) is 26.7. The highest BCUT2D eigenvalue weighted by molar-refractivity contribution is 5.93. The van der Waals surface area contributed by atoms with Crippen molar-refractivity contribution in [3.05, 3.63) is 54.1 Å². The lowest BCUT2D eigenvalue weighted by Gasteiger charge is -2.39. The van der Waals surface area contributed by atoms with Gasteiger partial charge in [0.05, 0.1) is 0 Å². The zero-order chi connectivity index (χ0) is 31.8. The molecule has 0 spiro atoms. The van der Waals surface area contributed by atoms with Crippen LogP contribution in [0.3, 0.4) is 0 Å². The molecular formula is C37H60N2O5. The Labute approximate surface area is 267 Å². The Morgan fingerprint density at radius 3 is 1.82 bits per heavy atom. The predicted octanol–water partition coefficient (Wildman–Crippen LogP) is 7.62. The lowest BCUT2D eigenvalue weighted by Crippen LogP contribution is -2.41. The Morgan fingerprint density at radius 1 is 0.909 bits per heavy atom. The Morgan fingerprint density at radius 2 is 1.39 bits per heavy atom. The fourth-order valence-electron chi connectivity index (χ4n) is 6.58. The lowest BCUT2D eigenvalue weighted by atomic mass is 9.64. The quantitative estimate of drug-likeness (QED) is 0.168. The predicted molar refractivity (Wildman–Crippen MR) is 183 cm³/mol. The van der Waals surface area contributed by atoms with Crippen molar-refractivity contribution in [2.75, 3.05) is 0 Å². The first-order valence-corrected chi connectivity index (χ1v) is 15.1. The molecule has 248 valence electrons. The molecule has 1 aromatic rings. The molecule has 6 unspecified atom stereocenters. The van der Waals surface area contributed by atoms with Crippen LogP contribution in [0.4, 0.5) is 0 Å². The van der Waals surface area contributed by atoms with Crippen LogP contribution in [0.15, 0.2) is 48.6 Å². The van der Waals surface area contributed by atoms with Gasteiger partial charge in [-0.05, 0) is 67.6 Å². The van der Waals surface area contributed by atoms with Crippen molar-refractivity contribution in [2.24, 2.45) is 40.2 Å². The number of carbonyl (C=O) groups excluding carboxylic acids is 3. The van der Waals surface area contributed by atoms with Crippen LogP contribution < -0.4 is 11.1 Å². The van der Waals surface area contributed by atoms with Gasteiger partial charge in [0.15, 0.2) is 0 Å². The summed E-state index contributed by atoms with van der Waals surface area (Å²) in [6.45, 7) is 16.5. The fraction of sp³-hybridized carbons (Fsp3) is 0.595. The second-order valence-corrected chi connectivity index (χ2v) is 13.7. The van der Waals surface area contributed by atoms with E-state index < -0.39 is 0 Å². The van der Waals surface area contributed by atoms with Crippen LogP contribution >= 0.6 is 0 Å². The minimum absolute atomic E-state index is 0. The number of phenolic OH excluding ortho intramolecular Hbond substituents is 2. The first-order chi connectivity index (χ1) is 19.4. The van der Waals surface area contributed by atoms with Crippen LogP contribution in [0.2, 0.25) is 0 Å². The molecule has 0 aromatic heterocycles. The van der Waals surface area contributed by atoms with Crippen molar-refractivity contribution in [2.45, 2.75) is 108 Å². The summed E-state index contributed by atoms with van der Waals surface area (Å²) in [5, 5.41) is 21.8. The van der Waals surface area contributed by atoms with Gasteiger partial charge < -0.3 is 21.3 Å². The first kappa shape index (κ1) is 40.8. The SMILES string of the molecule is C.C.CC(CC(=O)C1C(C)C=CCC1(C)C)NC(=O)/C=C/c1ccc(O)cc1O.CC(N)CC(=O)C1C(C)C=CCC1(C)C. The Hall–Kier alpha value is -3.19. The molecule has 7 heteroatoms. The van der Waals surface area contributed by atoms with Crippen LogP contribution in [0.1, 0.15) is 101 Å². The maximum absolute atomic E-state index is 12.8. The van der Waals surface area contributed by atoms with Crippen LogP contribution in [-0.2, 0) is 14.4 Å². The van der Waals surface area contributed by atoms with E-state index in [4.69, 9.17) is 5.73 Å². The molecule has 1 amide bonds. The van der Waals surface area contributed by atoms with E-state index in [1.807, 2.05) is 13.8 Å². The molecule has 44 heavy (non-hydrogen) atoms. The number of benzene rings is 1. The van der Waals surface area contributed by atoms with E-state index in [0.29, 0.717) is 23.7 Å². The van der Waals surface area contributed by atoms with Crippen LogP contribution in [0.25, 0.3) is 6.08 Å². The summed E-state index contributed by atoms with van der Waals surface area (Å²) in [7, 11) is 0. The summed E-state index contributed by atoms with van der Waals surface area (Å²) in [4.78, 5) is 37.0. The van der Waals surface area contributed by atoms with E-state index in [1.165, 1.54) is 30.4 Å². The van der Waals surface area contributed by atoms with Gasteiger partial charge in [0.25, 0.3) is 0 Å². The number of ketones is 2. The summed E-state index contributed by atoms with van der Waals surface area (Å²) in [5.41, 5.74) is 6.13. The molecule has 3 rings (SSSR count). The third kappa shape index (κ3) is 11.7. The number of amides is 1. The number of allylic oxidation sites excluding steroid dienone is 4. The highest BCUT2D eigenvalue weighted by atomic mass is 16.3. The molecule has 1 aromatic carbocycles. The maximum Gasteiger partial charge on any atom is 0.244 e. The minimum atomic E-state index is -0.335. The average Bonchev–Trinajstić information content (AvgIpc) is 2.82. The first-order valence-electron chi connectivity index (χ1n) is 15.1. The number of carbonyl (C=O) groups is 3. The molecule has 0 bridgehead atoms. The van der Waals surface area contributed by atoms with E-state index in [-0.39, 0.29) is 85.1 Å². The molecule has 0 saturated carbocycles. The Kier molecular flexibility index (Phi) is 16.1. The standard InChI is InChI=1S/C22H29NO4.C13H23NO.2CH4/c1-14-6-5-11-22(3,4)21(14)19(26)12-15(2)23-20(27)10-8-16-7-9-17(24)13-18(16)25;1-9-6-5-7-13(3,4)12(9)11(15)8-10(2)14;;/h5-10,13-15,21,24-25H,11-12H2,1-4H3,(H,23,27);5-6,9-10,12H,7-8,14H2,1-4H3;2*1H4/b10-8+;;;. The summed E-state index contributed by atoms with van der Waals surface area (Å²) in [6, 6.07) is 3.85. The smallest absolute Gasteiger partial charge is 0.244 e. The Balaban J connectivity index is 0.000000931. The van der Waals surface area contributed by atoms with E-state index in [2.05, 4.69) is 71.2 Å². The van der Waals surface area contributed by atoms with Crippen molar-refractivity contribution in [3.8, 4) is 11.5 Å². The van der Waals surface area contributed by atoms with Crippen molar-refractivity contribution >= 4 is 23.5 Å². The van der Waals surface area contributed by atoms with Gasteiger partial charge in [-0.25, -0.2) is 0 Å². The van der Waals surface area contributed by atoms with Crippen LogP contribution in [0.5, 0.6) is 11.5 Å². The highest BCUT2D eigenvalue weighted by Gasteiger charge is 2.40. The van der Waals surface area contributed by atoms with Gasteiger partial charge in [-0.3, -0.25) is 14.4 Å². The summed E-state index contributed by atoms with van der Waals surface area (Å²) >= 11 is 0. The topological polar surface area (TPSA) is 130 Å². The average molecular weight is 613 g/mol. The van der Waals surface area contributed by atoms with E-state index in [1.54, 1.807) is 0 Å². The van der Waals surface area contributed by atoms with Crippen molar-refractivity contribution < 1.29 is 24.6 Å². The molecule has 5 N–H and O–H groups in total. The number of aromatic hydroxyl groups is 2. The van der Waals surface area contributed by atoms with Gasteiger partial charge in [0.1, 0.15) is 23.1 Å². The highest BCUT2D eigenvalue weighted by Crippen LogP contribution is 2.42. The monoisotopic (exact) mass is 612 g/mol. The number of nitrogens with two attached hydrogens (primary N) is 1. The summed E-state index contributed by atoms with van der Waals surface area (Å²) < 4.78 is 0. The van der Waals surface area contributed by atoms with Crippen LogP contribution in [-0.4, -0.2) is 39.8 Å². The second-order valence-electron chi connectivity index (χ2n) is 13.7. The fourth-order valence-corrected chi connectivity index (χ4v) is 6.58. The normalized spacial score (nSPS) is 24.5. The molecule has 2 aliphatic carbocycles. The molecule has 6 atom stereocenters. The molecule has 0 aliphatic heterocycles. The second kappa shape index (κ2) is 17.3. The molecular weight excluding hydrogens is 552 g/mol. The molecule has 2 aliphatic rings. The van der Waals surface area contributed by atoms with Crippen molar-refractivity contribution in [1.29, 1.82) is 0 Å². The van der Waals surface area contributed by atoms with E-state index in [9.17, 15) is 24.6 Å². The van der Waals surface area contributed by atoms with Crippen LogP contribution in [0, 0.1) is 34.5 Å². The zero-order valence-electron chi connectivity index (χ0n) is 26.7. The van der Waals surface area contributed by atoms with E-state index in [0.717, 1.165) is 12.8 Å². The minimum Gasteiger partial charge on any atom is -0.508 e. The molecule has 0 fully saturated rings. The number of phenols is 2. The third-order valence-electron chi connectivity index (χ3n) is 8.44. The van der Waals surface area contributed by atoms with Gasteiger partial charge >= 0.3 is 0 Å². The molecule has 0 heterocycles. The van der Waals surface area contributed by atoms with Gasteiger partial charge in [0.2, 0.25) is 5.91 Å². The van der Waals surface area contributed by atoms with Gasteiger partial charge in [-0.15, -0.1) is 0 Å². The molecule has 0 radical (unpaired) electrons. The van der Waals surface area contributed by atoms with Gasteiger partial charge in [-0.2, -0.15) is 0 Å². The molecule has 0 saturated heterocycles. The maximum atomic E-state index is 12.8. The lowest BCUT2D eigenvalue weighted by molar-refractivity contribution is -0.129. The number of hydrogen-bond acceptors (Lipinski definition) is 6. The number of nitrogens with one attached hydrogen (secondary N) is 1. The summed E-state index contributed by atoms with van der Waals surface area (Å²) in [5.74, 6) is 0.636. The van der Waals surface area contributed by atoms with Crippen molar-refractivity contribution in [1.82, 2.24) is 5.32 Å².